The van der Waals surface area contributed by atoms with E-state index in [9.17, 15) is 4.39 Å². The van der Waals surface area contributed by atoms with Crippen molar-refractivity contribution in [2.24, 2.45) is 0 Å². The lowest BCUT2D eigenvalue weighted by Gasteiger charge is -2.16. The average molecular weight is 405 g/mol. The predicted octanol–water partition coefficient (Wildman–Crippen LogP) is 4.01. The maximum Gasteiger partial charge on any atom is 0.250 e. The van der Waals surface area contributed by atoms with Crippen LogP contribution in [0.1, 0.15) is 18.7 Å². The Morgan fingerprint density at radius 2 is 1.72 bits per heavy atom. The van der Waals surface area contributed by atoms with Crippen LogP contribution in [0.25, 0.3) is 11.4 Å². The molecule has 0 saturated carbocycles. The maximum atomic E-state index is 13.1. The van der Waals surface area contributed by atoms with Crippen molar-refractivity contribution in [1.29, 1.82) is 0 Å². The zero-order valence-corrected chi connectivity index (χ0v) is 15.6. The second-order valence-electron chi connectivity index (χ2n) is 5.79. The number of alkyl halides is 3. The van der Waals surface area contributed by atoms with Crippen molar-refractivity contribution in [3.05, 3.63) is 35.9 Å². The largest absolute Gasteiger partial charge is 0.353 e. The summed E-state index contributed by atoms with van der Waals surface area (Å²) in [6, 6.07) is 5.80. The Bertz CT molecular complexity index is 715. The van der Waals surface area contributed by atoms with Crippen LogP contribution in [-0.4, -0.2) is 46.0 Å². The molecule has 1 aromatic carbocycles. The summed E-state index contributed by atoms with van der Waals surface area (Å²) in [6.07, 6.45) is 2.47. The van der Waals surface area contributed by atoms with Crippen LogP contribution in [0, 0.1) is 5.82 Å². The van der Waals surface area contributed by atoms with Gasteiger partial charge in [-0.3, -0.25) is 0 Å². The monoisotopic (exact) mass is 403 g/mol. The van der Waals surface area contributed by atoms with Gasteiger partial charge < -0.3 is 10.2 Å². The van der Waals surface area contributed by atoms with E-state index in [1.54, 1.807) is 12.1 Å². The van der Waals surface area contributed by atoms with E-state index in [-0.39, 0.29) is 11.6 Å². The third-order valence-corrected chi connectivity index (χ3v) is 4.41. The number of benzene rings is 1. The molecule has 0 unspecified atom stereocenters. The highest BCUT2D eigenvalue weighted by Gasteiger charge is 2.28. The molecular formula is C16H17Cl3FN5. The van der Waals surface area contributed by atoms with E-state index in [4.69, 9.17) is 34.8 Å². The second kappa shape index (κ2) is 7.99. The van der Waals surface area contributed by atoms with Crippen molar-refractivity contribution >= 4 is 40.8 Å². The number of nitrogens with zero attached hydrogens (tertiary/aromatic N) is 4. The van der Waals surface area contributed by atoms with E-state index in [0.717, 1.165) is 19.6 Å². The molecule has 2 heterocycles. The Hall–Kier alpha value is -1.21. The predicted molar refractivity (Wildman–Crippen MR) is 98.6 cm³/mol. The number of halogens is 4. The van der Waals surface area contributed by atoms with Crippen LogP contribution in [0.5, 0.6) is 0 Å². The maximum absolute atomic E-state index is 13.1. The van der Waals surface area contributed by atoms with Crippen LogP contribution in [0.15, 0.2) is 24.3 Å². The van der Waals surface area contributed by atoms with Crippen molar-refractivity contribution in [2.75, 3.05) is 31.5 Å². The molecule has 1 N–H and O–H groups in total. The van der Waals surface area contributed by atoms with Gasteiger partial charge in [-0.15, -0.1) is 0 Å². The third-order valence-electron chi connectivity index (χ3n) is 3.90. The summed E-state index contributed by atoms with van der Waals surface area (Å²) in [5, 5.41) is 3.15. The van der Waals surface area contributed by atoms with Crippen LogP contribution < -0.4 is 5.32 Å². The molecule has 1 aromatic heterocycles. The van der Waals surface area contributed by atoms with Gasteiger partial charge in [0.2, 0.25) is 9.74 Å². The number of rotatable bonds is 5. The number of hydrogen-bond donors (Lipinski definition) is 1. The van der Waals surface area contributed by atoms with Gasteiger partial charge in [-0.25, -0.2) is 9.37 Å². The molecule has 1 aliphatic rings. The standard InChI is InChI=1S/C16H17Cl3FN5/c17-16(18,19)14-22-13(11-3-5-12(20)6-4-11)23-15(24-14)21-7-10-25-8-1-2-9-25/h3-6H,1-2,7-10H2,(H,21,22,23,24). The molecular weight excluding hydrogens is 388 g/mol. The summed E-state index contributed by atoms with van der Waals surface area (Å²) in [5.41, 5.74) is 0.613. The van der Waals surface area contributed by atoms with Crippen LogP contribution in [-0.2, 0) is 3.79 Å². The first-order valence-electron chi connectivity index (χ1n) is 7.97. The van der Waals surface area contributed by atoms with Gasteiger partial charge in [0.1, 0.15) is 5.82 Å². The zero-order valence-electron chi connectivity index (χ0n) is 13.4. The first kappa shape index (κ1) is 18.6. The van der Waals surface area contributed by atoms with Crippen LogP contribution in [0.2, 0.25) is 0 Å². The number of anilines is 1. The summed E-state index contributed by atoms with van der Waals surface area (Å²) in [4.78, 5) is 15.1. The highest BCUT2D eigenvalue weighted by Crippen LogP contribution is 2.36. The Morgan fingerprint density at radius 3 is 2.36 bits per heavy atom. The first-order chi connectivity index (χ1) is 11.9. The van der Waals surface area contributed by atoms with Crippen molar-refractivity contribution in [3.8, 4) is 11.4 Å². The fourth-order valence-electron chi connectivity index (χ4n) is 2.64. The molecule has 0 aliphatic carbocycles. The van der Waals surface area contributed by atoms with Crippen molar-refractivity contribution in [2.45, 2.75) is 16.6 Å². The molecule has 0 atom stereocenters. The minimum Gasteiger partial charge on any atom is -0.353 e. The molecule has 1 fully saturated rings. The smallest absolute Gasteiger partial charge is 0.250 e. The molecule has 0 bridgehead atoms. The normalized spacial score (nSPS) is 15.5. The molecule has 0 amide bonds. The van der Waals surface area contributed by atoms with Crippen molar-refractivity contribution in [1.82, 2.24) is 19.9 Å². The molecule has 1 aliphatic heterocycles. The fraction of sp³-hybridized carbons (Fsp3) is 0.438. The first-order valence-corrected chi connectivity index (χ1v) is 9.11. The van der Waals surface area contributed by atoms with Gasteiger partial charge >= 0.3 is 0 Å². The number of aromatic nitrogens is 3. The SMILES string of the molecule is Fc1ccc(-c2nc(NCCN3CCCC3)nc(C(Cl)(Cl)Cl)n2)cc1. The van der Waals surface area contributed by atoms with E-state index in [1.807, 2.05) is 0 Å². The van der Waals surface area contributed by atoms with Gasteiger partial charge in [-0.05, 0) is 50.2 Å². The summed E-state index contributed by atoms with van der Waals surface area (Å²) in [6.45, 7) is 3.78. The van der Waals surface area contributed by atoms with E-state index in [2.05, 4.69) is 25.2 Å². The van der Waals surface area contributed by atoms with E-state index < -0.39 is 3.79 Å². The molecule has 134 valence electrons. The molecule has 2 aromatic rings. The molecule has 1 saturated heterocycles. The van der Waals surface area contributed by atoms with E-state index in [1.165, 1.54) is 25.0 Å². The third kappa shape index (κ3) is 5.14. The molecule has 9 heteroatoms. The van der Waals surface area contributed by atoms with Crippen LogP contribution in [0.3, 0.4) is 0 Å². The summed E-state index contributed by atoms with van der Waals surface area (Å²) in [7, 11) is 0. The lowest BCUT2D eigenvalue weighted by atomic mass is 10.2. The van der Waals surface area contributed by atoms with Gasteiger partial charge in [0.15, 0.2) is 11.6 Å². The van der Waals surface area contributed by atoms with Gasteiger partial charge in [0.05, 0.1) is 0 Å². The topological polar surface area (TPSA) is 53.9 Å². The van der Waals surface area contributed by atoms with Gasteiger partial charge in [0.25, 0.3) is 0 Å². The Kier molecular flexibility index (Phi) is 5.94. The second-order valence-corrected chi connectivity index (χ2v) is 8.07. The van der Waals surface area contributed by atoms with E-state index in [0.29, 0.717) is 23.9 Å². The minimum absolute atomic E-state index is 0.0236. The van der Waals surface area contributed by atoms with Gasteiger partial charge in [-0.1, -0.05) is 34.8 Å². The molecule has 0 spiro atoms. The quantitative estimate of drug-likeness (QED) is 0.763. The van der Waals surface area contributed by atoms with Crippen LogP contribution >= 0.6 is 34.8 Å². The zero-order chi connectivity index (χ0) is 17.9. The van der Waals surface area contributed by atoms with Crippen LogP contribution in [0.4, 0.5) is 10.3 Å². The highest BCUT2D eigenvalue weighted by molar-refractivity contribution is 6.66. The van der Waals surface area contributed by atoms with Crippen molar-refractivity contribution in [3.63, 3.8) is 0 Å². The van der Waals surface area contributed by atoms with E-state index >= 15 is 0 Å². The number of nitrogens with one attached hydrogen (secondary N) is 1. The molecule has 0 radical (unpaired) electrons. The average Bonchev–Trinajstić information content (AvgIpc) is 3.08. The Morgan fingerprint density at radius 1 is 1.04 bits per heavy atom. The summed E-state index contributed by atoms with van der Waals surface area (Å²) >= 11 is 17.8. The van der Waals surface area contributed by atoms with Gasteiger partial charge in [0, 0.05) is 18.7 Å². The number of likely N-dealkylation sites (tertiary alicyclic amines) is 1. The Labute approximate surface area is 160 Å². The molecule has 5 nitrogen and oxygen atoms in total. The van der Waals surface area contributed by atoms with Gasteiger partial charge in [-0.2, -0.15) is 9.97 Å². The molecule has 25 heavy (non-hydrogen) atoms. The minimum atomic E-state index is -1.77. The lowest BCUT2D eigenvalue weighted by molar-refractivity contribution is 0.352. The Balaban J connectivity index is 1.80. The van der Waals surface area contributed by atoms with Crippen molar-refractivity contribution < 1.29 is 4.39 Å². The summed E-state index contributed by atoms with van der Waals surface area (Å²) < 4.78 is 11.4. The highest BCUT2D eigenvalue weighted by atomic mass is 35.6. The number of hydrogen-bond acceptors (Lipinski definition) is 5. The fourth-order valence-corrected chi connectivity index (χ4v) is 2.90. The lowest BCUT2D eigenvalue weighted by Crippen LogP contribution is -2.26. The summed E-state index contributed by atoms with van der Waals surface area (Å²) in [5.74, 6) is 0.328. The molecule has 3 rings (SSSR count).